The minimum atomic E-state index is 0.710. The molecule has 1 aromatic carbocycles. The molecule has 2 aromatic heterocycles. The molecule has 1 fully saturated rings. The molecular weight excluding hydrogens is 312 g/mol. The molecule has 0 spiro atoms. The standard InChI is InChI=1S/C20H24N4O/c1-2-25-18-7-5-17(6-8-18)24-12-10-23(11-13-24)15-16-14-22-20-19(16)4-3-9-21-20/h3-9,14H,2,10-13,15H2,1H3,(H,21,22). The third-order valence-electron chi connectivity index (χ3n) is 4.82. The number of nitrogens with zero attached hydrogens (tertiary/aromatic N) is 3. The number of hydrogen-bond acceptors (Lipinski definition) is 4. The van der Waals surface area contributed by atoms with Gasteiger partial charge in [0.1, 0.15) is 11.4 Å². The molecule has 5 nitrogen and oxygen atoms in total. The first-order valence-corrected chi connectivity index (χ1v) is 8.94. The second kappa shape index (κ2) is 7.15. The average molecular weight is 336 g/mol. The Morgan fingerprint density at radius 2 is 1.88 bits per heavy atom. The monoisotopic (exact) mass is 336 g/mol. The Labute approximate surface area is 148 Å². The highest BCUT2D eigenvalue weighted by Crippen LogP contribution is 2.22. The third kappa shape index (κ3) is 3.46. The van der Waals surface area contributed by atoms with E-state index >= 15 is 0 Å². The fourth-order valence-electron chi connectivity index (χ4n) is 3.47. The van der Waals surface area contributed by atoms with Crippen LogP contribution in [0.2, 0.25) is 0 Å². The predicted octanol–water partition coefficient (Wildman–Crippen LogP) is 3.28. The van der Waals surface area contributed by atoms with Crippen LogP contribution in [0, 0.1) is 0 Å². The Bertz CT molecular complexity index is 819. The maximum atomic E-state index is 5.52. The Balaban J connectivity index is 1.36. The second-order valence-corrected chi connectivity index (χ2v) is 6.40. The number of benzene rings is 1. The van der Waals surface area contributed by atoms with Crippen molar-refractivity contribution in [1.29, 1.82) is 0 Å². The largest absolute Gasteiger partial charge is 0.494 e. The fraction of sp³-hybridized carbons (Fsp3) is 0.350. The lowest BCUT2D eigenvalue weighted by Gasteiger charge is -2.36. The fourth-order valence-corrected chi connectivity index (χ4v) is 3.47. The number of rotatable bonds is 5. The minimum absolute atomic E-state index is 0.710. The van der Waals surface area contributed by atoms with Crippen LogP contribution < -0.4 is 9.64 Å². The summed E-state index contributed by atoms with van der Waals surface area (Å²) in [5.74, 6) is 0.942. The summed E-state index contributed by atoms with van der Waals surface area (Å²) in [4.78, 5) is 12.6. The molecule has 0 atom stereocenters. The summed E-state index contributed by atoms with van der Waals surface area (Å²) in [5.41, 5.74) is 3.59. The summed E-state index contributed by atoms with van der Waals surface area (Å²) < 4.78 is 5.52. The molecule has 0 aliphatic carbocycles. The molecule has 0 amide bonds. The van der Waals surface area contributed by atoms with Gasteiger partial charge in [-0.15, -0.1) is 0 Å². The van der Waals surface area contributed by atoms with Crippen molar-refractivity contribution in [2.75, 3.05) is 37.7 Å². The van der Waals surface area contributed by atoms with E-state index < -0.39 is 0 Å². The van der Waals surface area contributed by atoms with Crippen molar-refractivity contribution in [2.45, 2.75) is 13.5 Å². The number of ether oxygens (including phenoxy) is 1. The molecule has 1 N–H and O–H groups in total. The van der Waals surface area contributed by atoms with E-state index in [9.17, 15) is 0 Å². The molecule has 0 bridgehead atoms. The summed E-state index contributed by atoms with van der Waals surface area (Å²) in [5, 5.41) is 1.23. The van der Waals surface area contributed by atoms with E-state index in [-0.39, 0.29) is 0 Å². The topological polar surface area (TPSA) is 44.4 Å². The quantitative estimate of drug-likeness (QED) is 0.776. The predicted molar refractivity (Wildman–Crippen MR) is 101 cm³/mol. The Morgan fingerprint density at radius 3 is 2.64 bits per heavy atom. The van der Waals surface area contributed by atoms with Gasteiger partial charge in [-0.05, 0) is 48.9 Å². The molecule has 3 aromatic rings. The van der Waals surface area contributed by atoms with Gasteiger partial charge in [0.15, 0.2) is 0 Å². The van der Waals surface area contributed by atoms with Crippen molar-refractivity contribution in [1.82, 2.24) is 14.9 Å². The normalized spacial score (nSPS) is 15.6. The first kappa shape index (κ1) is 16.0. The molecule has 1 aliphatic rings. The zero-order chi connectivity index (χ0) is 17.1. The first-order chi connectivity index (χ1) is 12.3. The van der Waals surface area contributed by atoms with Crippen molar-refractivity contribution >= 4 is 16.7 Å². The van der Waals surface area contributed by atoms with Crippen molar-refractivity contribution in [3.05, 3.63) is 54.4 Å². The van der Waals surface area contributed by atoms with Gasteiger partial charge in [0.2, 0.25) is 0 Å². The van der Waals surface area contributed by atoms with Crippen molar-refractivity contribution in [3.8, 4) is 5.75 Å². The van der Waals surface area contributed by atoms with Gasteiger partial charge < -0.3 is 14.6 Å². The van der Waals surface area contributed by atoms with Crippen molar-refractivity contribution in [3.63, 3.8) is 0 Å². The van der Waals surface area contributed by atoms with Crippen molar-refractivity contribution in [2.24, 2.45) is 0 Å². The molecule has 4 rings (SSSR count). The molecule has 5 heteroatoms. The van der Waals surface area contributed by atoms with Crippen LogP contribution in [0.1, 0.15) is 12.5 Å². The number of aromatic nitrogens is 2. The van der Waals surface area contributed by atoms with Gasteiger partial charge in [-0.25, -0.2) is 4.98 Å². The van der Waals surface area contributed by atoms with Crippen LogP contribution in [0.4, 0.5) is 5.69 Å². The van der Waals surface area contributed by atoms with E-state index in [1.165, 1.54) is 16.6 Å². The second-order valence-electron chi connectivity index (χ2n) is 6.40. The minimum Gasteiger partial charge on any atom is -0.494 e. The molecule has 0 saturated carbocycles. The van der Waals surface area contributed by atoms with Gasteiger partial charge in [-0.2, -0.15) is 0 Å². The summed E-state index contributed by atoms with van der Waals surface area (Å²) >= 11 is 0. The van der Waals surface area contributed by atoms with Crippen LogP contribution in [-0.4, -0.2) is 47.7 Å². The van der Waals surface area contributed by atoms with Crippen LogP contribution in [-0.2, 0) is 6.54 Å². The van der Waals surface area contributed by atoms with Crippen LogP contribution >= 0.6 is 0 Å². The maximum absolute atomic E-state index is 5.52. The Morgan fingerprint density at radius 1 is 1.08 bits per heavy atom. The van der Waals surface area contributed by atoms with Crippen LogP contribution in [0.15, 0.2) is 48.8 Å². The molecule has 130 valence electrons. The lowest BCUT2D eigenvalue weighted by molar-refractivity contribution is 0.250. The average Bonchev–Trinajstić information content (AvgIpc) is 3.07. The van der Waals surface area contributed by atoms with Gasteiger partial charge in [-0.1, -0.05) is 0 Å². The highest BCUT2D eigenvalue weighted by Gasteiger charge is 2.18. The van der Waals surface area contributed by atoms with Crippen LogP contribution in [0.5, 0.6) is 5.75 Å². The highest BCUT2D eigenvalue weighted by atomic mass is 16.5. The Kier molecular flexibility index (Phi) is 4.57. The van der Waals surface area contributed by atoms with Gasteiger partial charge in [0.05, 0.1) is 6.61 Å². The van der Waals surface area contributed by atoms with E-state index in [2.05, 4.69) is 56.3 Å². The van der Waals surface area contributed by atoms with E-state index in [0.717, 1.165) is 44.1 Å². The van der Waals surface area contributed by atoms with E-state index in [4.69, 9.17) is 4.74 Å². The van der Waals surface area contributed by atoms with E-state index in [1.54, 1.807) is 0 Å². The number of nitrogens with one attached hydrogen (secondary N) is 1. The number of pyridine rings is 1. The number of aromatic amines is 1. The van der Waals surface area contributed by atoms with Gasteiger partial charge in [-0.3, -0.25) is 4.90 Å². The zero-order valence-corrected chi connectivity index (χ0v) is 14.6. The van der Waals surface area contributed by atoms with Gasteiger partial charge >= 0.3 is 0 Å². The third-order valence-corrected chi connectivity index (χ3v) is 4.82. The van der Waals surface area contributed by atoms with Gasteiger partial charge in [0, 0.05) is 56.2 Å². The zero-order valence-electron chi connectivity index (χ0n) is 14.6. The number of anilines is 1. The molecule has 1 aliphatic heterocycles. The first-order valence-electron chi connectivity index (χ1n) is 8.94. The smallest absolute Gasteiger partial charge is 0.137 e. The molecule has 3 heterocycles. The molecule has 25 heavy (non-hydrogen) atoms. The lowest BCUT2D eigenvalue weighted by atomic mass is 10.2. The van der Waals surface area contributed by atoms with E-state index in [0.29, 0.717) is 6.61 Å². The molecular formula is C20H24N4O. The Hall–Kier alpha value is -2.53. The molecule has 1 saturated heterocycles. The number of piperazine rings is 1. The maximum Gasteiger partial charge on any atom is 0.137 e. The number of hydrogen-bond donors (Lipinski definition) is 1. The van der Waals surface area contributed by atoms with Crippen LogP contribution in [0.3, 0.4) is 0 Å². The summed E-state index contributed by atoms with van der Waals surface area (Å²) in [6.45, 7) is 7.94. The highest BCUT2D eigenvalue weighted by molar-refractivity contribution is 5.79. The summed E-state index contributed by atoms with van der Waals surface area (Å²) in [6.07, 6.45) is 3.93. The number of fused-ring (bicyclic) bond motifs is 1. The van der Waals surface area contributed by atoms with Crippen molar-refractivity contribution < 1.29 is 4.74 Å². The van der Waals surface area contributed by atoms with E-state index in [1.807, 2.05) is 19.2 Å². The molecule has 0 unspecified atom stereocenters. The lowest BCUT2D eigenvalue weighted by Crippen LogP contribution is -2.45. The summed E-state index contributed by atoms with van der Waals surface area (Å²) in [6, 6.07) is 12.6. The van der Waals surface area contributed by atoms with Gasteiger partial charge in [0.25, 0.3) is 0 Å². The number of H-pyrrole nitrogens is 1. The summed E-state index contributed by atoms with van der Waals surface area (Å²) in [7, 11) is 0. The molecule has 0 radical (unpaired) electrons. The van der Waals surface area contributed by atoms with Crippen LogP contribution in [0.25, 0.3) is 11.0 Å². The SMILES string of the molecule is CCOc1ccc(N2CCN(Cc3c[nH]c4ncccc34)CC2)cc1.